The maximum absolute atomic E-state index is 12.0. The maximum atomic E-state index is 12.0. The molecule has 0 saturated heterocycles. The predicted molar refractivity (Wildman–Crippen MR) is 68.8 cm³/mol. The van der Waals surface area contributed by atoms with Crippen LogP contribution in [-0.2, 0) is 10.0 Å². The summed E-state index contributed by atoms with van der Waals surface area (Å²) < 4.78 is 31.2. The first kappa shape index (κ1) is 15.3. The number of ether oxygens (including phenoxy) is 1. The van der Waals surface area contributed by atoms with Crippen LogP contribution in [0.15, 0.2) is 23.1 Å². The third kappa shape index (κ3) is 3.88. The van der Waals surface area contributed by atoms with E-state index < -0.39 is 14.9 Å². The number of sulfonamides is 1. The second-order valence-electron chi connectivity index (χ2n) is 3.59. The average molecular weight is 289 g/mol. The molecule has 0 unspecified atom stereocenters. The molecule has 0 saturated carbocycles. The number of nitro groups is 1. The van der Waals surface area contributed by atoms with Crippen molar-refractivity contribution in [3.05, 3.63) is 28.3 Å². The quantitative estimate of drug-likeness (QED) is 0.418. The highest BCUT2D eigenvalue weighted by atomic mass is 32.2. The van der Waals surface area contributed by atoms with Crippen LogP contribution >= 0.6 is 0 Å². The lowest BCUT2D eigenvalue weighted by atomic mass is 10.3. The third-order valence-electron chi connectivity index (χ3n) is 2.31. The Labute approximate surface area is 111 Å². The average Bonchev–Trinajstić information content (AvgIpc) is 2.38. The zero-order valence-corrected chi connectivity index (χ0v) is 11.4. The van der Waals surface area contributed by atoms with Crippen LogP contribution in [-0.4, -0.2) is 40.6 Å². The highest BCUT2D eigenvalue weighted by molar-refractivity contribution is 7.89. The first-order valence-corrected chi connectivity index (χ1v) is 6.87. The molecule has 0 radical (unpaired) electrons. The van der Waals surface area contributed by atoms with E-state index in [0.29, 0.717) is 6.54 Å². The van der Waals surface area contributed by atoms with E-state index >= 15 is 0 Å². The molecule has 0 bridgehead atoms. The summed E-state index contributed by atoms with van der Waals surface area (Å²) >= 11 is 0. The van der Waals surface area contributed by atoms with Gasteiger partial charge < -0.3 is 10.1 Å². The zero-order valence-electron chi connectivity index (χ0n) is 10.5. The Balaban J connectivity index is 3.09. The van der Waals surface area contributed by atoms with Gasteiger partial charge in [-0.15, -0.1) is 0 Å². The smallest absolute Gasteiger partial charge is 0.273 e. The Hall–Kier alpha value is -1.71. The zero-order chi connectivity index (χ0) is 14.5. The summed E-state index contributed by atoms with van der Waals surface area (Å²) in [5, 5.41) is 13.4. The molecule has 0 aromatic heterocycles. The summed E-state index contributed by atoms with van der Waals surface area (Å²) in [6.45, 7) is 0.674. The summed E-state index contributed by atoms with van der Waals surface area (Å²) in [7, 11) is -0.805. The van der Waals surface area contributed by atoms with E-state index in [1.165, 1.54) is 7.11 Å². The van der Waals surface area contributed by atoms with Gasteiger partial charge in [-0.1, -0.05) is 0 Å². The molecule has 0 atom stereocenters. The lowest BCUT2D eigenvalue weighted by Gasteiger charge is -2.10. The van der Waals surface area contributed by atoms with E-state index in [1.54, 1.807) is 7.05 Å². The Bertz CT molecular complexity index is 558. The van der Waals surface area contributed by atoms with Crippen molar-refractivity contribution in [3.8, 4) is 5.75 Å². The molecule has 0 spiro atoms. The molecule has 1 rings (SSSR count). The Morgan fingerprint density at radius 1 is 1.37 bits per heavy atom. The number of hydrogen-bond acceptors (Lipinski definition) is 6. The highest BCUT2D eigenvalue weighted by Crippen LogP contribution is 2.27. The van der Waals surface area contributed by atoms with Gasteiger partial charge in [0.05, 0.1) is 18.1 Å². The van der Waals surface area contributed by atoms with Crippen molar-refractivity contribution in [2.45, 2.75) is 4.90 Å². The Kier molecular flexibility index (Phi) is 5.21. The van der Waals surface area contributed by atoms with Gasteiger partial charge in [0.15, 0.2) is 0 Å². The topological polar surface area (TPSA) is 111 Å². The van der Waals surface area contributed by atoms with Crippen LogP contribution < -0.4 is 14.8 Å². The molecule has 106 valence electrons. The summed E-state index contributed by atoms with van der Waals surface area (Å²) in [4.78, 5) is 9.87. The standard InChI is InChI=1S/C10H15N3O5S/c1-11-5-6-12-19(16,17)10-4-3-8(13(14)15)7-9(10)18-2/h3-4,7,11-12H,5-6H2,1-2H3. The molecule has 0 aliphatic heterocycles. The molecular weight excluding hydrogens is 274 g/mol. The summed E-state index contributed by atoms with van der Waals surface area (Å²) in [6.07, 6.45) is 0. The summed E-state index contributed by atoms with van der Waals surface area (Å²) in [6, 6.07) is 3.35. The maximum Gasteiger partial charge on any atom is 0.273 e. The van der Waals surface area contributed by atoms with Crippen molar-refractivity contribution >= 4 is 15.7 Å². The van der Waals surface area contributed by atoms with Gasteiger partial charge in [0.1, 0.15) is 10.6 Å². The van der Waals surface area contributed by atoms with Gasteiger partial charge in [-0.25, -0.2) is 13.1 Å². The minimum atomic E-state index is -3.76. The third-order valence-corrected chi connectivity index (χ3v) is 3.82. The van der Waals surface area contributed by atoms with Gasteiger partial charge in [-0.05, 0) is 13.1 Å². The van der Waals surface area contributed by atoms with E-state index in [1.807, 2.05) is 0 Å². The van der Waals surface area contributed by atoms with Crippen LogP contribution in [0.4, 0.5) is 5.69 Å². The van der Waals surface area contributed by atoms with Crippen LogP contribution in [0.5, 0.6) is 5.75 Å². The van der Waals surface area contributed by atoms with Gasteiger partial charge in [0.2, 0.25) is 10.0 Å². The predicted octanol–water partition coefficient (Wildman–Crippen LogP) is 0.101. The van der Waals surface area contributed by atoms with Gasteiger partial charge in [-0.2, -0.15) is 0 Å². The number of likely N-dealkylation sites (N-methyl/N-ethyl adjacent to an activating group) is 1. The Morgan fingerprint density at radius 3 is 2.58 bits per heavy atom. The molecular formula is C10H15N3O5S. The molecule has 0 amide bonds. The first-order chi connectivity index (χ1) is 8.92. The SMILES string of the molecule is CNCCNS(=O)(=O)c1ccc([N+](=O)[O-])cc1OC. The van der Waals surface area contributed by atoms with Gasteiger partial charge in [0, 0.05) is 19.2 Å². The Morgan fingerprint density at radius 2 is 2.05 bits per heavy atom. The number of rotatable bonds is 7. The van der Waals surface area contributed by atoms with Crippen LogP contribution in [0.1, 0.15) is 0 Å². The van der Waals surface area contributed by atoms with E-state index in [-0.39, 0.29) is 22.9 Å². The number of nitrogens with zero attached hydrogens (tertiary/aromatic N) is 1. The minimum absolute atomic E-state index is 0.0637. The number of methoxy groups -OCH3 is 1. The molecule has 1 aromatic rings. The largest absolute Gasteiger partial charge is 0.495 e. The van der Waals surface area contributed by atoms with Crippen LogP contribution in [0.3, 0.4) is 0 Å². The summed E-state index contributed by atoms with van der Waals surface area (Å²) in [5.41, 5.74) is -0.231. The normalized spacial score (nSPS) is 11.3. The van der Waals surface area contributed by atoms with Gasteiger partial charge >= 0.3 is 0 Å². The van der Waals surface area contributed by atoms with E-state index in [9.17, 15) is 18.5 Å². The van der Waals surface area contributed by atoms with E-state index in [4.69, 9.17) is 4.74 Å². The number of nitro benzene ring substituents is 1. The molecule has 1 aromatic carbocycles. The van der Waals surface area contributed by atoms with Crippen LogP contribution in [0.25, 0.3) is 0 Å². The van der Waals surface area contributed by atoms with Crippen molar-refractivity contribution in [2.24, 2.45) is 0 Å². The molecule has 0 aliphatic rings. The van der Waals surface area contributed by atoms with E-state index in [2.05, 4.69) is 10.0 Å². The van der Waals surface area contributed by atoms with Crippen molar-refractivity contribution in [3.63, 3.8) is 0 Å². The van der Waals surface area contributed by atoms with Crippen molar-refractivity contribution in [1.82, 2.24) is 10.0 Å². The minimum Gasteiger partial charge on any atom is -0.495 e. The molecule has 0 fully saturated rings. The molecule has 0 aliphatic carbocycles. The number of nitrogens with one attached hydrogen (secondary N) is 2. The monoisotopic (exact) mass is 289 g/mol. The van der Waals surface area contributed by atoms with Gasteiger partial charge in [0.25, 0.3) is 5.69 Å². The second kappa shape index (κ2) is 6.45. The summed E-state index contributed by atoms with van der Waals surface area (Å²) in [5.74, 6) is -0.0637. The van der Waals surface area contributed by atoms with Crippen LogP contribution in [0.2, 0.25) is 0 Å². The lowest BCUT2D eigenvalue weighted by Crippen LogP contribution is -2.30. The fourth-order valence-corrected chi connectivity index (χ4v) is 2.56. The van der Waals surface area contributed by atoms with E-state index in [0.717, 1.165) is 18.2 Å². The number of non-ortho nitro benzene ring substituents is 1. The molecule has 2 N–H and O–H groups in total. The first-order valence-electron chi connectivity index (χ1n) is 5.39. The van der Waals surface area contributed by atoms with Crippen molar-refractivity contribution in [2.75, 3.05) is 27.2 Å². The lowest BCUT2D eigenvalue weighted by molar-refractivity contribution is -0.385. The number of benzene rings is 1. The highest BCUT2D eigenvalue weighted by Gasteiger charge is 2.21. The van der Waals surface area contributed by atoms with Crippen molar-refractivity contribution in [1.29, 1.82) is 0 Å². The fraction of sp³-hybridized carbons (Fsp3) is 0.400. The van der Waals surface area contributed by atoms with Gasteiger partial charge in [-0.3, -0.25) is 10.1 Å². The molecule has 8 nitrogen and oxygen atoms in total. The molecule has 19 heavy (non-hydrogen) atoms. The van der Waals surface area contributed by atoms with Crippen molar-refractivity contribution < 1.29 is 18.1 Å². The van der Waals surface area contributed by atoms with Crippen LogP contribution in [0, 0.1) is 10.1 Å². The fourth-order valence-electron chi connectivity index (χ4n) is 1.38. The second-order valence-corrected chi connectivity index (χ2v) is 5.33. The number of hydrogen-bond donors (Lipinski definition) is 2. The molecule has 9 heteroatoms. The molecule has 0 heterocycles.